The van der Waals surface area contributed by atoms with Crippen molar-refractivity contribution in [3.63, 3.8) is 0 Å². The molecule has 0 aliphatic rings. The number of carbonyl (C=O) groups excluding carboxylic acids is 2. The molecule has 1 atom stereocenters. The van der Waals surface area contributed by atoms with Gasteiger partial charge in [0.25, 0.3) is 11.8 Å². The van der Waals surface area contributed by atoms with Gasteiger partial charge < -0.3 is 19.5 Å². The minimum atomic E-state index is -0.232. The Bertz CT molecular complexity index is 1320. The first-order valence-electron chi connectivity index (χ1n) is 11.6. The van der Waals surface area contributed by atoms with Gasteiger partial charge in [0.05, 0.1) is 18.1 Å². The molecule has 7 nitrogen and oxygen atoms in total. The maximum absolute atomic E-state index is 13.3. The van der Waals surface area contributed by atoms with Crippen molar-refractivity contribution in [2.45, 2.75) is 18.9 Å². The Hall–Kier alpha value is -4.13. The van der Waals surface area contributed by atoms with E-state index in [1.807, 2.05) is 68.7 Å². The number of ether oxygens (including phenoxy) is 1. The Labute approximate surface area is 205 Å². The molecule has 180 valence electrons. The summed E-state index contributed by atoms with van der Waals surface area (Å²) in [5.74, 6) is 0.681. The van der Waals surface area contributed by atoms with Crippen LogP contribution in [0, 0.1) is 0 Å². The fourth-order valence-corrected chi connectivity index (χ4v) is 4.22. The van der Waals surface area contributed by atoms with Crippen LogP contribution in [0.2, 0.25) is 0 Å². The fraction of sp³-hybridized carbons (Fsp3) is 0.250. The van der Waals surface area contributed by atoms with Gasteiger partial charge >= 0.3 is 0 Å². The number of benzene rings is 3. The Morgan fingerprint density at radius 1 is 1.03 bits per heavy atom. The predicted molar refractivity (Wildman–Crippen MR) is 137 cm³/mol. The highest BCUT2D eigenvalue weighted by Gasteiger charge is 2.23. The number of imidazole rings is 1. The van der Waals surface area contributed by atoms with Crippen LogP contribution in [0.15, 0.2) is 78.9 Å². The molecule has 0 aliphatic heterocycles. The van der Waals surface area contributed by atoms with Crippen molar-refractivity contribution in [1.29, 1.82) is 0 Å². The molecule has 0 aliphatic carbocycles. The average Bonchev–Trinajstić information content (AvgIpc) is 3.24. The number of methoxy groups -OCH3 is 1. The number of hydrogen-bond donors (Lipinski definition) is 1. The number of nitrogens with zero attached hydrogens (tertiary/aromatic N) is 3. The molecule has 0 saturated carbocycles. The highest BCUT2D eigenvalue weighted by Crippen LogP contribution is 2.18. The zero-order valence-corrected chi connectivity index (χ0v) is 20.3. The van der Waals surface area contributed by atoms with Crippen LogP contribution in [0.1, 0.15) is 33.0 Å². The summed E-state index contributed by atoms with van der Waals surface area (Å²) in [5, 5.41) is 2.99. The van der Waals surface area contributed by atoms with Crippen molar-refractivity contribution in [2.24, 2.45) is 7.05 Å². The summed E-state index contributed by atoms with van der Waals surface area (Å²) in [4.78, 5) is 32.4. The summed E-state index contributed by atoms with van der Waals surface area (Å²) < 4.78 is 7.08. The number of likely N-dealkylation sites (N-methyl/N-ethyl adjacent to an activating group) is 1. The van der Waals surface area contributed by atoms with Crippen molar-refractivity contribution in [3.05, 3.63) is 95.8 Å². The topological polar surface area (TPSA) is 76.5 Å². The number of amides is 2. The van der Waals surface area contributed by atoms with E-state index in [9.17, 15) is 9.59 Å². The van der Waals surface area contributed by atoms with Gasteiger partial charge in [-0.25, -0.2) is 4.98 Å². The van der Waals surface area contributed by atoms with Crippen LogP contribution in [0.3, 0.4) is 0 Å². The molecule has 2 amide bonds. The Morgan fingerprint density at radius 2 is 1.77 bits per heavy atom. The number of fused-ring (bicyclic) bond motifs is 1. The Kier molecular flexibility index (Phi) is 7.45. The Morgan fingerprint density at radius 3 is 2.51 bits per heavy atom. The summed E-state index contributed by atoms with van der Waals surface area (Å²) >= 11 is 0. The van der Waals surface area contributed by atoms with Crippen molar-refractivity contribution in [1.82, 2.24) is 19.8 Å². The molecule has 0 fully saturated rings. The minimum Gasteiger partial charge on any atom is -0.497 e. The van der Waals surface area contributed by atoms with Gasteiger partial charge in [-0.2, -0.15) is 0 Å². The molecule has 1 heterocycles. The van der Waals surface area contributed by atoms with Crippen LogP contribution < -0.4 is 10.1 Å². The van der Waals surface area contributed by atoms with E-state index in [0.29, 0.717) is 36.5 Å². The predicted octanol–water partition coefficient (Wildman–Crippen LogP) is 4.09. The standard InChI is InChI=1S/C28H30N4O3/c1-31(28(34)21-12-9-13-23(19-21)35-3)22(18-20-10-5-4-6-11-20)16-17-29-27(33)26-30-24-14-7-8-15-25(24)32(26)2/h4-15,19,22H,16-18H2,1-3H3,(H,29,33)/t22-/m1/s1. The van der Waals surface area contributed by atoms with E-state index in [4.69, 9.17) is 4.74 Å². The number of hydrogen-bond acceptors (Lipinski definition) is 4. The van der Waals surface area contributed by atoms with Gasteiger partial charge in [0.1, 0.15) is 5.75 Å². The smallest absolute Gasteiger partial charge is 0.287 e. The lowest BCUT2D eigenvalue weighted by atomic mass is 10.0. The van der Waals surface area contributed by atoms with Crippen LogP contribution in [0.25, 0.3) is 11.0 Å². The second-order valence-corrected chi connectivity index (χ2v) is 8.52. The lowest BCUT2D eigenvalue weighted by molar-refractivity contribution is 0.0722. The zero-order valence-electron chi connectivity index (χ0n) is 20.3. The molecule has 0 bridgehead atoms. The molecule has 4 rings (SSSR count). The van der Waals surface area contributed by atoms with E-state index in [2.05, 4.69) is 22.4 Å². The van der Waals surface area contributed by atoms with Crippen LogP contribution in [-0.4, -0.2) is 53.0 Å². The maximum Gasteiger partial charge on any atom is 0.287 e. The normalized spacial score (nSPS) is 11.7. The fourth-order valence-electron chi connectivity index (χ4n) is 4.22. The number of aryl methyl sites for hydroxylation is 1. The first kappa shape index (κ1) is 24.0. The average molecular weight is 471 g/mol. The molecular formula is C28H30N4O3. The quantitative estimate of drug-likeness (QED) is 0.400. The molecule has 35 heavy (non-hydrogen) atoms. The molecule has 0 spiro atoms. The Balaban J connectivity index is 1.47. The van der Waals surface area contributed by atoms with E-state index in [-0.39, 0.29) is 17.9 Å². The molecular weight excluding hydrogens is 440 g/mol. The number of rotatable bonds is 9. The summed E-state index contributed by atoms with van der Waals surface area (Å²) in [7, 11) is 5.23. The third-order valence-electron chi connectivity index (χ3n) is 6.25. The summed E-state index contributed by atoms with van der Waals surface area (Å²) in [6.07, 6.45) is 1.27. The van der Waals surface area contributed by atoms with Crippen molar-refractivity contribution < 1.29 is 14.3 Å². The van der Waals surface area contributed by atoms with Gasteiger partial charge in [-0.15, -0.1) is 0 Å². The number of nitrogens with one attached hydrogen (secondary N) is 1. The summed E-state index contributed by atoms with van der Waals surface area (Å²) in [5.41, 5.74) is 3.38. The largest absolute Gasteiger partial charge is 0.497 e. The van der Waals surface area contributed by atoms with E-state index in [1.165, 1.54) is 0 Å². The third kappa shape index (κ3) is 5.51. The van der Waals surface area contributed by atoms with Gasteiger partial charge in [0.2, 0.25) is 0 Å². The van der Waals surface area contributed by atoms with Crippen LogP contribution in [-0.2, 0) is 13.5 Å². The monoisotopic (exact) mass is 470 g/mol. The molecule has 1 aromatic heterocycles. The van der Waals surface area contributed by atoms with Crippen molar-refractivity contribution in [3.8, 4) is 5.75 Å². The first-order valence-corrected chi connectivity index (χ1v) is 11.6. The van der Waals surface area contributed by atoms with E-state index in [0.717, 1.165) is 16.6 Å². The van der Waals surface area contributed by atoms with Gasteiger partial charge in [0.15, 0.2) is 5.82 Å². The van der Waals surface area contributed by atoms with Crippen LogP contribution in [0.4, 0.5) is 0 Å². The molecule has 7 heteroatoms. The van der Waals surface area contributed by atoms with Crippen LogP contribution >= 0.6 is 0 Å². The highest BCUT2D eigenvalue weighted by atomic mass is 16.5. The molecule has 0 radical (unpaired) electrons. The SMILES string of the molecule is COc1cccc(C(=O)N(C)[C@H](CCNC(=O)c2nc3ccccc3n2C)Cc2ccccc2)c1. The number of carbonyl (C=O) groups is 2. The van der Waals surface area contributed by atoms with Gasteiger partial charge in [-0.3, -0.25) is 9.59 Å². The van der Waals surface area contributed by atoms with Crippen molar-refractivity contribution in [2.75, 3.05) is 20.7 Å². The maximum atomic E-state index is 13.3. The molecule has 1 N–H and O–H groups in total. The first-order chi connectivity index (χ1) is 17.0. The van der Waals surface area contributed by atoms with Crippen LogP contribution in [0.5, 0.6) is 5.75 Å². The highest BCUT2D eigenvalue weighted by molar-refractivity contribution is 5.95. The second-order valence-electron chi connectivity index (χ2n) is 8.52. The third-order valence-corrected chi connectivity index (χ3v) is 6.25. The lowest BCUT2D eigenvalue weighted by Gasteiger charge is -2.29. The summed E-state index contributed by atoms with van der Waals surface area (Å²) in [6.45, 7) is 0.412. The zero-order chi connectivity index (χ0) is 24.8. The molecule has 4 aromatic rings. The van der Waals surface area contributed by atoms with Gasteiger partial charge in [0, 0.05) is 32.2 Å². The summed E-state index contributed by atoms with van der Waals surface area (Å²) in [6, 6.07) is 24.7. The van der Waals surface area contributed by atoms with Gasteiger partial charge in [-0.1, -0.05) is 48.5 Å². The lowest BCUT2D eigenvalue weighted by Crippen LogP contribution is -2.41. The second kappa shape index (κ2) is 10.9. The van der Waals surface area contributed by atoms with E-state index in [1.54, 1.807) is 28.7 Å². The van der Waals surface area contributed by atoms with E-state index >= 15 is 0 Å². The number of para-hydroxylation sites is 2. The van der Waals surface area contributed by atoms with E-state index < -0.39 is 0 Å². The number of aromatic nitrogens is 2. The van der Waals surface area contributed by atoms with Gasteiger partial charge in [-0.05, 0) is 48.7 Å². The molecule has 0 saturated heterocycles. The minimum absolute atomic E-state index is 0.0912. The molecule has 3 aromatic carbocycles. The molecule has 0 unspecified atom stereocenters. The van der Waals surface area contributed by atoms with Crippen molar-refractivity contribution >= 4 is 22.8 Å².